The second-order valence-electron chi connectivity index (χ2n) is 8.21. The molecule has 4 aromatic rings. The summed E-state index contributed by atoms with van der Waals surface area (Å²) >= 11 is 6.08. The van der Waals surface area contributed by atoms with Gasteiger partial charge >= 0.3 is 0 Å². The molecule has 1 aliphatic heterocycles. The standard InChI is InChI=1S/C24H24ClN7O/c1-30-9-11-32(12-10-30)23(33)22-14-16-13-18(3-4-21(16)31(22)2)28-24-27-8-6-19(29-24)20-15-17(25)5-7-26-20/h3-8,13-15H,9-12H2,1-2H3,(H,27,28,29). The van der Waals surface area contributed by atoms with Gasteiger partial charge in [-0.3, -0.25) is 9.78 Å². The van der Waals surface area contributed by atoms with Crippen molar-refractivity contribution in [2.24, 2.45) is 7.05 Å². The van der Waals surface area contributed by atoms with Gasteiger partial charge in [-0.1, -0.05) is 11.6 Å². The molecule has 0 aliphatic carbocycles. The van der Waals surface area contributed by atoms with Gasteiger partial charge in [-0.2, -0.15) is 0 Å². The highest BCUT2D eigenvalue weighted by Crippen LogP contribution is 2.26. The molecule has 0 saturated carbocycles. The molecule has 4 heterocycles. The minimum Gasteiger partial charge on any atom is -0.340 e. The van der Waals surface area contributed by atoms with Crippen molar-refractivity contribution in [3.05, 3.63) is 65.6 Å². The van der Waals surface area contributed by atoms with Crippen LogP contribution in [0, 0.1) is 0 Å². The van der Waals surface area contributed by atoms with Gasteiger partial charge in [0.15, 0.2) is 0 Å². The monoisotopic (exact) mass is 461 g/mol. The summed E-state index contributed by atoms with van der Waals surface area (Å²) in [5.41, 5.74) is 3.88. The average molecular weight is 462 g/mol. The first kappa shape index (κ1) is 21.4. The number of nitrogens with zero attached hydrogens (tertiary/aromatic N) is 6. The molecule has 3 aromatic heterocycles. The summed E-state index contributed by atoms with van der Waals surface area (Å²) in [6, 6.07) is 13.2. The lowest BCUT2D eigenvalue weighted by Crippen LogP contribution is -2.47. The molecule has 1 amide bonds. The minimum atomic E-state index is 0.0707. The smallest absolute Gasteiger partial charge is 0.270 e. The number of piperazine rings is 1. The number of aromatic nitrogens is 4. The molecule has 5 rings (SSSR count). The summed E-state index contributed by atoms with van der Waals surface area (Å²) in [6.07, 6.45) is 3.33. The second kappa shape index (κ2) is 8.80. The van der Waals surface area contributed by atoms with Crippen LogP contribution < -0.4 is 5.32 Å². The minimum absolute atomic E-state index is 0.0707. The Morgan fingerprint density at radius 3 is 2.52 bits per heavy atom. The molecular weight excluding hydrogens is 438 g/mol. The van der Waals surface area contributed by atoms with Gasteiger partial charge < -0.3 is 19.7 Å². The van der Waals surface area contributed by atoms with Crippen molar-refractivity contribution in [2.75, 3.05) is 38.5 Å². The van der Waals surface area contributed by atoms with Crippen molar-refractivity contribution in [3.63, 3.8) is 0 Å². The van der Waals surface area contributed by atoms with Crippen LogP contribution in [0.15, 0.2) is 54.9 Å². The Hall–Kier alpha value is -3.49. The van der Waals surface area contributed by atoms with E-state index in [2.05, 4.69) is 32.2 Å². The number of nitrogens with one attached hydrogen (secondary N) is 1. The number of pyridine rings is 1. The van der Waals surface area contributed by atoms with Crippen LogP contribution in [0.1, 0.15) is 10.5 Å². The molecule has 1 aromatic carbocycles. The van der Waals surface area contributed by atoms with Crippen molar-refractivity contribution in [3.8, 4) is 11.4 Å². The van der Waals surface area contributed by atoms with Crippen molar-refractivity contribution in [2.45, 2.75) is 0 Å². The summed E-state index contributed by atoms with van der Waals surface area (Å²) in [6.45, 7) is 3.29. The van der Waals surface area contributed by atoms with Gasteiger partial charge in [0.25, 0.3) is 5.91 Å². The lowest BCUT2D eigenvalue weighted by Gasteiger charge is -2.32. The maximum Gasteiger partial charge on any atom is 0.270 e. The number of benzene rings is 1. The van der Waals surface area contributed by atoms with Crippen LogP contribution in [-0.2, 0) is 7.05 Å². The molecule has 1 N–H and O–H groups in total. The van der Waals surface area contributed by atoms with Gasteiger partial charge in [0.05, 0.1) is 11.4 Å². The fourth-order valence-electron chi connectivity index (χ4n) is 4.04. The van der Waals surface area contributed by atoms with E-state index >= 15 is 0 Å². The average Bonchev–Trinajstić information content (AvgIpc) is 3.15. The summed E-state index contributed by atoms with van der Waals surface area (Å²) in [5.74, 6) is 0.527. The lowest BCUT2D eigenvalue weighted by molar-refractivity contribution is 0.0655. The number of halogens is 1. The third-order valence-electron chi connectivity index (χ3n) is 5.95. The van der Waals surface area contributed by atoms with Crippen molar-refractivity contribution < 1.29 is 4.79 Å². The SMILES string of the molecule is CN1CCN(C(=O)c2cc3cc(Nc4nccc(-c5cc(Cl)ccn5)n4)ccc3n2C)CC1. The molecule has 1 aliphatic rings. The predicted octanol–water partition coefficient (Wildman–Crippen LogP) is 3.81. The molecule has 0 radical (unpaired) electrons. The second-order valence-corrected chi connectivity index (χ2v) is 8.64. The Bertz CT molecular complexity index is 1330. The Balaban J connectivity index is 1.39. The van der Waals surface area contributed by atoms with Crippen LogP contribution in [-0.4, -0.2) is 68.5 Å². The number of anilines is 2. The molecule has 0 unspecified atom stereocenters. The van der Waals surface area contributed by atoms with Gasteiger partial charge in [-0.25, -0.2) is 9.97 Å². The van der Waals surface area contributed by atoms with Gasteiger partial charge in [-0.15, -0.1) is 0 Å². The van der Waals surface area contributed by atoms with Crippen molar-refractivity contribution in [1.82, 2.24) is 29.3 Å². The van der Waals surface area contributed by atoms with Crippen molar-refractivity contribution in [1.29, 1.82) is 0 Å². The van der Waals surface area contributed by atoms with Crippen LogP contribution >= 0.6 is 11.6 Å². The van der Waals surface area contributed by atoms with E-state index in [1.54, 1.807) is 30.6 Å². The first-order chi connectivity index (χ1) is 16.0. The molecule has 8 nitrogen and oxygen atoms in total. The van der Waals surface area contributed by atoms with Crippen LogP contribution in [0.3, 0.4) is 0 Å². The van der Waals surface area contributed by atoms with E-state index in [-0.39, 0.29) is 5.91 Å². The lowest BCUT2D eigenvalue weighted by atomic mass is 10.2. The van der Waals surface area contributed by atoms with Gasteiger partial charge in [0.2, 0.25) is 5.95 Å². The van der Waals surface area contributed by atoms with Crippen LogP contribution in [0.5, 0.6) is 0 Å². The maximum absolute atomic E-state index is 13.1. The van der Waals surface area contributed by atoms with Gasteiger partial charge in [0, 0.05) is 67.2 Å². The van der Waals surface area contributed by atoms with E-state index in [1.807, 2.05) is 40.8 Å². The van der Waals surface area contributed by atoms with Gasteiger partial charge in [0.1, 0.15) is 5.69 Å². The number of carbonyl (C=O) groups is 1. The Morgan fingerprint density at radius 1 is 0.939 bits per heavy atom. The van der Waals surface area contributed by atoms with Crippen LogP contribution in [0.4, 0.5) is 11.6 Å². The van der Waals surface area contributed by atoms with E-state index < -0.39 is 0 Å². The number of hydrogen-bond acceptors (Lipinski definition) is 6. The van der Waals surface area contributed by atoms with Crippen LogP contribution in [0.2, 0.25) is 5.02 Å². The van der Waals surface area contributed by atoms with E-state index in [1.165, 1.54) is 0 Å². The number of likely N-dealkylation sites (N-methyl/N-ethyl adjacent to an activating group) is 1. The number of carbonyl (C=O) groups excluding carboxylic acids is 1. The normalized spacial score (nSPS) is 14.6. The number of rotatable bonds is 4. The zero-order chi connectivity index (χ0) is 22.9. The van der Waals surface area contributed by atoms with E-state index in [4.69, 9.17) is 11.6 Å². The predicted molar refractivity (Wildman–Crippen MR) is 130 cm³/mol. The van der Waals surface area contributed by atoms with Crippen LogP contribution in [0.25, 0.3) is 22.3 Å². The molecule has 168 valence electrons. The molecule has 0 atom stereocenters. The molecule has 33 heavy (non-hydrogen) atoms. The Morgan fingerprint density at radius 2 is 1.73 bits per heavy atom. The fraction of sp³-hybridized carbons (Fsp3) is 0.250. The van der Waals surface area contributed by atoms with Gasteiger partial charge in [-0.05, 0) is 49.5 Å². The summed E-state index contributed by atoms with van der Waals surface area (Å²) in [5, 5.41) is 4.83. The molecule has 0 spiro atoms. The van der Waals surface area contributed by atoms with E-state index in [0.717, 1.165) is 42.8 Å². The third kappa shape index (κ3) is 4.40. The number of hydrogen-bond donors (Lipinski definition) is 1. The zero-order valence-corrected chi connectivity index (χ0v) is 19.3. The Labute approximate surface area is 196 Å². The topological polar surface area (TPSA) is 79.2 Å². The highest BCUT2D eigenvalue weighted by Gasteiger charge is 2.23. The summed E-state index contributed by atoms with van der Waals surface area (Å²) in [7, 11) is 4.02. The largest absolute Gasteiger partial charge is 0.340 e. The number of fused-ring (bicyclic) bond motifs is 1. The quantitative estimate of drug-likeness (QED) is 0.497. The summed E-state index contributed by atoms with van der Waals surface area (Å²) < 4.78 is 1.96. The number of aryl methyl sites for hydroxylation is 1. The maximum atomic E-state index is 13.1. The first-order valence-corrected chi connectivity index (χ1v) is 11.1. The first-order valence-electron chi connectivity index (χ1n) is 10.8. The highest BCUT2D eigenvalue weighted by atomic mass is 35.5. The molecule has 9 heteroatoms. The molecular formula is C24H24ClN7O. The van der Waals surface area contributed by atoms with E-state index in [0.29, 0.717) is 28.1 Å². The fourth-order valence-corrected chi connectivity index (χ4v) is 4.20. The van der Waals surface area contributed by atoms with Crippen molar-refractivity contribution >= 4 is 40.0 Å². The zero-order valence-electron chi connectivity index (χ0n) is 18.5. The third-order valence-corrected chi connectivity index (χ3v) is 6.18. The molecule has 0 bridgehead atoms. The molecule has 1 fully saturated rings. The number of amides is 1. The summed E-state index contributed by atoms with van der Waals surface area (Å²) in [4.78, 5) is 30.5. The Kier molecular flexibility index (Phi) is 5.70. The van der Waals surface area contributed by atoms with E-state index in [9.17, 15) is 4.79 Å². The highest BCUT2D eigenvalue weighted by molar-refractivity contribution is 6.30. The molecule has 1 saturated heterocycles.